The first-order chi connectivity index (χ1) is 13.0. The van der Waals surface area contributed by atoms with Gasteiger partial charge in [-0.05, 0) is 42.8 Å². The maximum atomic E-state index is 13.0. The molecule has 6 nitrogen and oxygen atoms in total. The second-order valence-electron chi connectivity index (χ2n) is 6.70. The number of hydrogen-bond acceptors (Lipinski definition) is 4. The van der Waals surface area contributed by atoms with E-state index in [-0.39, 0.29) is 17.5 Å². The summed E-state index contributed by atoms with van der Waals surface area (Å²) in [6.07, 6.45) is 0. The van der Waals surface area contributed by atoms with Gasteiger partial charge in [-0.15, -0.1) is 0 Å². The highest BCUT2D eigenvalue weighted by molar-refractivity contribution is 6.30. The van der Waals surface area contributed by atoms with Crippen molar-refractivity contribution >= 4 is 28.4 Å². The van der Waals surface area contributed by atoms with Crippen molar-refractivity contribution in [3.8, 4) is 0 Å². The van der Waals surface area contributed by atoms with E-state index in [4.69, 9.17) is 11.6 Å². The molecule has 1 aliphatic heterocycles. The number of aromatic nitrogens is 2. The van der Waals surface area contributed by atoms with E-state index >= 15 is 0 Å². The van der Waals surface area contributed by atoms with Crippen molar-refractivity contribution < 1.29 is 4.79 Å². The number of aromatic amines is 1. The monoisotopic (exact) mass is 382 g/mol. The Morgan fingerprint density at radius 1 is 1.26 bits per heavy atom. The Hall–Kier alpha value is -2.70. The summed E-state index contributed by atoms with van der Waals surface area (Å²) in [7, 11) is 0. The third-order valence-electron chi connectivity index (χ3n) is 4.79. The van der Waals surface area contributed by atoms with Crippen LogP contribution in [0, 0.1) is 6.92 Å². The summed E-state index contributed by atoms with van der Waals surface area (Å²) in [5, 5.41) is 4.59. The quantitative estimate of drug-likeness (QED) is 0.714. The minimum absolute atomic E-state index is 0.0325. The van der Waals surface area contributed by atoms with E-state index < -0.39 is 0 Å². The van der Waals surface area contributed by atoms with Gasteiger partial charge in [-0.3, -0.25) is 9.59 Å². The van der Waals surface area contributed by atoms with Crippen molar-refractivity contribution in [3.63, 3.8) is 0 Å². The van der Waals surface area contributed by atoms with Crippen LogP contribution in [0.15, 0.2) is 47.3 Å². The average molecular weight is 383 g/mol. The molecule has 1 aromatic heterocycles. The van der Waals surface area contributed by atoms with Crippen molar-refractivity contribution in [2.24, 2.45) is 0 Å². The number of benzene rings is 2. The molecule has 1 unspecified atom stereocenters. The van der Waals surface area contributed by atoms with Crippen molar-refractivity contribution in [1.82, 2.24) is 20.2 Å². The van der Waals surface area contributed by atoms with Crippen molar-refractivity contribution in [1.29, 1.82) is 0 Å². The fourth-order valence-electron chi connectivity index (χ4n) is 3.45. The lowest BCUT2D eigenvalue weighted by Gasteiger charge is -2.34. The van der Waals surface area contributed by atoms with Gasteiger partial charge in [0.1, 0.15) is 5.82 Å². The Morgan fingerprint density at radius 2 is 2.11 bits per heavy atom. The Bertz CT molecular complexity index is 1080. The second kappa shape index (κ2) is 7.13. The topological polar surface area (TPSA) is 78.1 Å². The molecule has 2 heterocycles. The third-order valence-corrected chi connectivity index (χ3v) is 5.02. The van der Waals surface area contributed by atoms with Gasteiger partial charge in [-0.25, -0.2) is 4.98 Å². The zero-order valence-corrected chi connectivity index (χ0v) is 15.6. The summed E-state index contributed by atoms with van der Waals surface area (Å²) in [4.78, 5) is 33.9. The second-order valence-corrected chi connectivity index (χ2v) is 7.13. The molecule has 1 atom stereocenters. The average Bonchev–Trinajstić information content (AvgIpc) is 2.67. The maximum absolute atomic E-state index is 13.0. The van der Waals surface area contributed by atoms with Crippen LogP contribution in [-0.4, -0.2) is 40.4 Å². The SMILES string of the molecule is Cc1nc2cc(C(=O)N3CCNC(c4cccc(Cl)c4)C3)ccc2c(=O)[nH]1. The number of piperazine rings is 1. The van der Waals surface area contributed by atoms with Gasteiger partial charge in [0.05, 0.1) is 16.9 Å². The highest BCUT2D eigenvalue weighted by Gasteiger charge is 2.25. The van der Waals surface area contributed by atoms with Gasteiger partial charge in [0.15, 0.2) is 0 Å². The number of amides is 1. The number of rotatable bonds is 2. The lowest BCUT2D eigenvalue weighted by molar-refractivity contribution is 0.0703. The molecule has 1 aliphatic rings. The predicted octanol–water partition coefficient (Wildman–Crippen LogP) is 2.67. The Balaban J connectivity index is 1.60. The van der Waals surface area contributed by atoms with E-state index in [0.29, 0.717) is 46.9 Å². The molecule has 3 aromatic rings. The maximum Gasteiger partial charge on any atom is 0.258 e. The minimum atomic E-state index is -0.195. The Labute approximate surface area is 161 Å². The van der Waals surface area contributed by atoms with E-state index in [1.165, 1.54) is 0 Å². The molecule has 27 heavy (non-hydrogen) atoms. The number of nitrogens with one attached hydrogen (secondary N) is 2. The van der Waals surface area contributed by atoms with E-state index in [2.05, 4.69) is 15.3 Å². The molecule has 0 radical (unpaired) electrons. The number of aryl methyl sites for hydroxylation is 1. The van der Waals surface area contributed by atoms with Gasteiger partial charge in [-0.2, -0.15) is 0 Å². The summed E-state index contributed by atoms with van der Waals surface area (Å²) in [5.41, 5.74) is 1.93. The summed E-state index contributed by atoms with van der Waals surface area (Å²) in [6.45, 7) is 3.60. The molecular formula is C20H19ClN4O2. The van der Waals surface area contributed by atoms with E-state index in [9.17, 15) is 9.59 Å². The van der Waals surface area contributed by atoms with Gasteiger partial charge in [0, 0.05) is 30.2 Å². The molecule has 7 heteroatoms. The van der Waals surface area contributed by atoms with Crippen molar-refractivity contribution in [3.05, 3.63) is 74.8 Å². The molecule has 1 amide bonds. The fraction of sp³-hybridized carbons (Fsp3) is 0.250. The zero-order valence-electron chi connectivity index (χ0n) is 14.8. The number of nitrogens with zero attached hydrogens (tertiary/aromatic N) is 2. The summed E-state index contributed by atoms with van der Waals surface area (Å²) < 4.78 is 0. The molecule has 0 bridgehead atoms. The molecule has 0 saturated carbocycles. The number of hydrogen-bond donors (Lipinski definition) is 2. The van der Waals surface area contributed by atoms with E-state index in [1.54, 1.807) is 25.1 Å². The van der Waals surface area contributed by atoms with Crippen LogP contribution in [0.1, 0.15) is 27.8 Å². The largest absolute Gasteiger partial charge is 0.335 e. The van der Waals surface area contributed by atoms with Gasteiger partial charge in [0.2, 0.25) is 0 Å². The van der Waals surface area contributed by atoms with Gasteiger partial charge in [0.25, 0.3) is 11.5 Å². The third kappa shape index (κ3) is 3.59. The summed E-state index contributed by atoms with van der Waals surface area (Å²) >= 11 is 6.10. The number of carbonyl (C=O) groups is 1. The zero-order chi connectivity index (χ0) is 19.0. The Kier molecular flexibility index (Phi) is 4.68. The van der Waals surface area contributed by atoms with Crippen LogP contribution in [0.3, 0.4) is 0 Å². The smallest absolute Gasteiger partial charge is 0.258 e. The molecule has 1 fully saturated rings. The molecule has 4 rings (SSSR count). The number of halogens is 1. The van der Waals surface area contributed by atoms with Crippen LogP contribution < -0.4 is 10.9 Å². The first-order valence-electron chi connectivity index (χ1n) is 8.80. The van der Waals surface area contributed by atoms with Crippen LogP contribution in [0.5, 0.6) is 0 Å². The van der Waals surface area contributed by atoms with Crippen LogP contribution in [0.2, 0.25) is 5.02 Å². The Morgan fingerprint density at radius 3 is 2.93 bits per heavy atom. The van der Waals surface area contributed by atoms with Crippen molar-refractivity contribution in [2.45, 2.75) is 13.0 Å². The molecular weight excluding hydrogens is 364 g/mol. The molecule has 0 spiro atoms. The molecule has 2 N–H and O–H groups in total. The number of H-pyrrole nitrogens is 1. The molecule has 1 saturated heterocycles. The minimum Gasteiger partial charge on any atom is -0.335 e. The van der Waals surface area contributed by atoms with Gasteiger partial charge in [-0.1, -0.05) is 23.7 Å². The highest BCUT2D eigenvalue weighted by atomic mass is 35.5. The van der Waals surface area contributed by atoms with Gasteiger partial charge >= 0.3 is 0 Å². The summed E-state index contributed by atoms with van der Waals surface area (Å²) in [5.74, 6) is 0.463. The van der Waals surface area contributed by atoms with E-state index in [0.717, 1.165) is 5.56 Å². The number of fused-ring (bicyclic) bond motifs is 1. The first-order valence-corrected chi connectivity index (χ1v) is 9.18. The van der Waals surface area contributed by atoms with Gasteiger partial charge < -0.3 is 15.2 Å². The molecule has 2 aromatic carbocycles. The fourth-order valence-corrected chi connectivity index (χ4v) is 3.65. The standard InChI is InChI=1S/C20H19ClN4O2/c1-12-23-17-10-14(5-6-16(17)19(26)24-12)20(27)25-8-7-22-18(11-25)13-3-2-4-15(21)9-13/h2-6,9-10,18,22H,7-8,11H2,1H3,(H,23,24,26). The molecule has 138 valence electrons. The highest BCUT2D eigenvalue weighted by Crippen LogP contribution is 2.22. The van der Waals surface area contributed by atoms with Crippen LogP contribution in [0.4, 0.5) is 0 Å². The molecule has 0 aliphatic carbocycles. The van der Waals surface area contributed by atoms with Crippen LogP contribution in [-0.2, 0) is 0 Å². The predicted molar refractivity (Wildman–Crippen MR) is 105 cm³/mol. The van der Waals surface area contributed by atoms with E-state index in [1.807, 2.05) is 29.2 Å². The lowest BCUT2D eigenvalue weighted by atomic mass is 10.0. The lowest BCUT2D eigenvalue weighted by Crippen LogP contribution is -2.48. The first kappa shape index (κ1) is 17.7. The summed E-state index contributed by atoms with van der Waals surface area (Å²) in [6, 6.07) is 12.7. The van der Waals surface area contributed by atoms with Crippen molar-refractivity contribution in [2.75, 3.05) is 19.6 Å². The van der Waals surface area contributed by atoms with Crippen LogP contribution >= 0.6 is 11.6 Å². The number of carbonyl (C=O) groups excluding carboxylic acids is 1. The normalized spacial score (nSPS) is 17.3. The van der Waals surface area contributed by atoms with Crippen LogP contribution in [0.25, 0.3) is 10.9 Å².